The van der Waals surface area contributed by atoms with Crippen molar-refractivity contribution in [2.24, 2.45) is 0 Å². The highest BCUT2D eigenvalue weighted by molar-refractivity contribution is 14.1. The smallest absolute Gasteiger partial charge is 0.293 e. The molecule has 190 valence electrons. The molecule has 1 aliphatic rings. The fourth-order valence-corrected chi connectivity index (χ4v) is 5.29. The van der Waals surface area contributed by atoms with Crippen LogP contribution in [0.2, 0.25) is 5.02 Å². The quantitative estimate of drug-likeness (QED) is 0.226. The van der Waals surface area contributed by atoms with Crippen LogP contribution in [0.4, 0.5) is 14.9 Å². The third kappa shape index (κ3) is 6.43. The summed E-state index contributed by atoms with van der Waals surface area (Å²) >= 11 is 8.85. The average molecular weight is 653 g/mol. The Morgan fingerprint density at radius 2 is 1.92 bits per heavy atom. The highest BCUT2D eigenvalue weighted by Crippen LogP contribution is 2.38. The molecule has 1 N–H and O–H groups in total. The number of amides is 3. The first-order valence-electron chi connectivity index (χ1n) is 10.8. The van der Waals surface area contributed by atoms with Crippen LogP contribution in [0.1, 0.15) is 11.1 Å². The fraction of sp³-hybridized carbons (Fsp3) is 0.115. The summed E-state index contributed by atoms with van der Waals surface area (Å²) in [5.74, 6) is -0.769. The Hall–Kier alpha value is -3.09. The van der Waals surface area contributed by atoms with Crippen molar-refractivity contribution in [3.05, 3.63) is 91.1 Å². The summed E-state index contributed by atoms with van der Waals surface area (Å²) in [4.78, 5) is 38.8. The molecular weight excluding hydrogens is 634 g/mol. The number of hydrogen-bond donors (Lipinski definition) is 1. The second-order valence-corrected chi connectivity index (χ2v) is 10.3. The molecule has 11 heteroatoms. The molecule has 0 radical (unpaired) electrons. The fourth-order valence-electron chi connectivity index (χ4n) is 3.45. The lowest BCUT2D eigenvalue weighted by Crippen LogP contribution is -2.28. The van der Waals surface area contributed by atoms with Gasteiger partial charge in [-0.2, -0.15) is 0 Å². The number of hydrogen-bond acceptors (Lipinski definition) is 6. The number of nitrogens with one attached hydrogen (secondary N) is 1. The number of ether oxygens (including phenoxy) is 2. The maximum Gasteiger partial charge on any atom is 0.293 e. The van der Waals surface area contributed by atoms with Crippen LogP contribution in [0.25, 0.3) is 6.08 Å². The number of imide groups is 1. The van der Waals surface area contributed by atoms with Crippen molar-refractivity contribution in [2.75, 3.05) is 19.0 Å². The largest absolute Gasteiger partial charge is 0.493 e. The van der Waals surface area contributed by atoms with Crippen molar-refractivity contribution in [1.82, 2.24) is 4.90 Å². The molecule has 1 aliphatic heterocycles. The Morgan fingerprint density at radius 3 is 2.62 bits per heavy atom. The van der Waals surface area contributed by atoms with Crippen molar-refractivity contribution >= 4 is 74.8 Å². The number of methoxy groups -OCH3 is 1. The highest BCUT2D eigenvalue weighted by atomic mass is 127. The van der Waals surface area contributed by atoms with Crippen molar-refractivity contribution < 1.29 is 28.2 Å². The summed E-state index contributed by atoms with van der Waals surface area (Å²) in [7, 11) is 1.46. The summed E-state index contributed by atoms with van der Waals surface area (Å²) < 4.78 is 26.0. The van der Waals surface area contributed by atoms with E-state index in [-0.39, 0.29) is 34.6 Å². The van der Waals surface area contributed by atoms with Gasteiger partial charge in [0, 0.05) is 16.3 Å². The number of thioether (sulfide) groups is 1. The number of rotatable bonds is 8. The van der Waals surface area contributed by atoms with Crippen LogP contribution in [-0.2, 0) is 16.1 Å². The summed E-state index contributed by atoms with van der Waals surface area (Å²) in [6.07, 6.45) is 1.55. The Labute approximate surface area is 235 Å². The summed E-state index contributed by atoms with van der Waals surface area (Å²) in [6, 6.07) is 16.5. The molecule has 1 fully saturated rings. The maximum atomic E-state index is 14.2. The van der Waals surface area contributed by atoms with E-state index in [1.54, 1.807) is 30.3 Å². The number of carbonyl (C=O) groups excluding carboxylic acids is 3. The van der Waals surface area contributed by atoms with E-state index in [4.69, 9.17) is 21.1 Å². The molecule has 1 saturated heterocycles. The number of carbonyl (C=O) groups is 3. The van der Waals surface area contributed by atoms with Gasteiger partial charge in [-0.15, -0.1) is 0 Å². The molecule has 0 saturated carbocycles. The van der Waals surface area contributed by atoms with Crippen molar-refractivity contribution in [3.63, 3.8) is 0 Å². The molecule has 0 bridgehead atoms. The second kappa shape index (κ2) is 12.0. The molecule has 3 aromatic carbocycles. The van der Waals surface area contributed by atoms with Crippen LogP contribution in [0.5, 0.6) is 11.5 Å². The third-order valence-electron chi connectivity index (χ3n) is 5.21. The first-order valence-corrected chi connectivity index (χ1v) is 13.1. The van der Waals surface area contributed by atoms with E-state index in [2.05, 4.69) is 5.32 Å². The predicted octanol–water partition coefficient (Wildman–Crippen LogP) is 6.35. The van der Waals surface area contributed by atoms with Gasteiger partial charge in [0.25, 0.3) is 17.1 Å². The van der Waals surface area contributed by atoms with Crippen LogP contribution in [0, 0.1) is 9.39 Å². The Morgan fingerprint density at radius 1 is 1.16 bits per heavy atom. The zero-order chi connectivity index (χ0) is 26.5. The van der Waals surface area contributed by atoms with Gasteiger partial charge in [0.05, 0.1) is 22.1 Å². The van der Waals surface area contributed by atoms with Gasteiger partial charge in [0.1, 0.15) is 5.82 Å². The van der Waals surface area contributed by atoms with E-state index in [1.807, 2.05) is 40.8 Å². The second-order valence-electron chi connectivity index (χ2n) is 7.71. The molecule has 7 nitrogen and oxygen atoms in total. The van der Waals surface area contributed by atoms with E-state index in [0.29, 0.717) is 26.3 Å². The minimum Gasteiger partial charge on any atom is -0.493 e. The van der Waals surface area contributed by atoms with Gasteiger partial charge in [-0.05, 0) is 82.4 Å². The Kier molecular flexibility index (Phi) is 8.72. The topological polar surface area (TPSA) is 84.9 Å². The third-order valence-corrected chi connectivity index (χ3v) is 7.27. The van der Waals surface area contributed by atoms with E-state index in [1.165, 1.54) is 25.3 Å². The SMILES string of the molecule is COc1cc(/C=C2\SC(=O)N(Cc3c(F)cccc3Cl)C2=O)cc(I)c1OCC(=O)Nc1ccccc1. The van der Waals surface area contributed by atoms with Crippen LogP contribution in [0.3, 0.4) is 0 Å². The van der Waals surface area contributed by atoms with E-state index in [0.717, 1.165) is 16.7 Å². The molecule has 0 spiro atoms. The van der Waals surface area contributed by atoms with Gasteiger partial charge < -0.3 is 14.8 Å². The maximum absolute atomic E-state index is 14.2. The average Bonchev–Trinajstić information content (AvgIpc) is 3.13. The molecule has 0 aliphatic carbocycles. The van der Waals surface area contributed by atoms with Crippen molar-refractivity contribution in [2.45, 2.75) is 6.54 Å². The van der Waals surface area contributed by atoms with Crippen LogP contribution in [-0.4, -0.2) is 35.7 Å². The van der Waals surface area contributed by atoms with Gasteiger partial charge in [-0.25, -0.2) is 4.39 Å². The number of para-hydroxylation sites is 1. The Bertz CT molecular complexity index is 1380. The van der Waals surface area contributed by atoms with Gasteiger partial charge in [-0.1, -0.05) is 35.9 Å². The van der Waals surface area contributed by atoms with Crippen LogP contribution < -0.4 is 14.8 Å². The van der Waals surface area contributed by atoms with Gasteiger partial charge in [0.15, 0.2) is 18.1 Å². The lowest BCUT2D eigenvalue weighted by atomic mass is 10.1. The van der Waals surface area contributed by atoms with Crippen molar-refractivity contribution in [1.29, 1.82) is 0 Å². The minimum absolute atomic E-state index is 0.0711. The minimum atomic E-state index is -0.595. The number of halogens is 3. The zero-order valence-corrected chi connectivity index (χ0v) is 23.0. The number of nitrogens with zero attached hydrogens (tertiary/aromatic N) is 1. The Balaban J connectivity index is 1.49. The van der Waals surface area contributed by atoms with Crippen LogP contribution >= 0.6 is 46.0 Å². The zero-order valence-electron chi connectivity index (χ0n) is 19.3. The highest BCUT2D eigenvalue weighted by Gasteiger charge is 2.36. The standard InChI is InChI=1S/C26H19ClFIN2O5S/c1-35-21-11-15(10-20(29)24(21)36-14-23(32)30-16-6-3-2-4-7-16)12-22-25(33)31(26(34)37-22)13-17-18(27)8-5-9-19(17)28/h2-12H,13-14H2,1H3,(H,30,32)/b22-12-. The molecule has 0 unspecified atom stereocenters. The molecule has 37 heavy (non-hydrogen) atoms. The monoisotopic (exact) mass is 652 g/mol. The summed E-state index contributed by atoms with van der Waals surface area (Å²) in [6.45, 7) is -0.510. The number of benzene rings is 3. The van der Waals surface area contributed by atoms with Crippen molar-refractivity contribution in [3.8, 4) is 11.5 Å². The van der Waals surface area contributed by atoms with Gasteiger partial charge in [-0.3, -0.25) is 19.3 Å². The lowest BCUT2D eigenvalue weighted by molar-refractivity contribution is -0.123. The molecule has 3 aromatic rings. The van der Waals surface area contributed by atoms with Gasteiger partial charge >= 0.3 is 0 Å². The molecule has 0 atom stereocenters. The van der Waals surface area contributed by atoms with E-state index < -0.39 is 17.0 Å². The molecule has 4 rings (SSSR count). The summed E-state index contributed by atoms with van der Waals surface area (Å²) in [5, 5.41) is 2.35. The molecule has 3 amide bonds. The van der Waals surface area contributed by atoms with E-state index in [9.17, 15) is 18.8 Å². The summed E-state index contributed by atoms with van der Waals surface area (Å²) in [5.41, 5.74) is 1.30. The first kappa shape index (κ1) is 27.0. The predicted molar refractivity (Wildman–Crippen MR) is 149 cm³/mol. The number of anilines is 1. The first-order chi connectivity index (χ1) is 17.8. The molecule has 0 aromatic heterocycles. The lowest BCUT2D eigenvalue weighted by Gasteiger charge is -2.14. The normalized spacial score (nSPS) is 14.3. The van der Waals surface area contributed by atoms with Gasteiger partial charge in [0.2, 0.25) is 0 Å². The van der Waals surface area contributed by atoms with Crippen LogP contribution in [0.15, 0.2) is 65.6 Å². The molecular formula is C26H19ClFIN2O5S. The van der Waals surface area contributed by atoms with E-state index >= 15 is 0 Å². The molecule has 1 heterocycles.